The smallest absolute Gasteiger partial charge is 0.357 e. The lowest BCUT2D eigenvalue weighted by Gasteiger charge is -2.31. The fraction of sp³-hybridized carbons (Fsp3) is 0.500. The number of rotatable bonds is 10. The summed E-state index contributed by atoms with van der Waals surface area (Å²) in [7, 11) is -3.28. The third-order valence-corrected chi connectivity index (χ3v) is 5.68. The van der Waals surface area contributed by atoms with Gasteiger partial charge in [-0.1, -0.05) is 6.08 Å². The maximum atomic E-state index is 12.7. The Labute approximate surface area is 142 Å². The largest absolute Gasteiger partial charge is 0.631 e. The van der Waals surface area contributed by atoms with Gasteiger partial charge in [0.25, 0.3) is 0 Å². The molecule has 136 valence electrons. The van der Waals surface area contributed by atoms with Crippen LogP contribution in [-0.4, -0.2) is 28.3 Å². The highest BCUT2D eigenvalue weighted by Gasteiger charge is 2.44. The van der Waals surface area contributed by atoms with E-state index in [4.69, 9.17) is 13.3 Å². The molecule has 0 aliphatic heterocycles. The van der Waals surface area contributed by atoms with Gasteiger partial charge in [0.05, 0.1) is 11.7 Å². The number of alkyl halides is 3. The fourth-order valence-electron chi connectivity index (χ4n) is 2.06. The van der Waals surface area contributed by atoms with E-state index in [0.29, 0.717) is 25.3 Å². The molecular weight excluding hydrogens is 339 g/mol. The number of benzene rings is 1. The summed E-state index contributed by atoms with van der Waals surface area (Å²) in [6.45, 7) is 9.82. The van der Waals surface area contributed by atoms with E-state index in [9.17, 15) is 13.2 Å². The van der Waals surface area contributed by atoms with Gasteiger partial charge in [-0.05, 0) is 51.5 Å². The summed E-state index contributed by atoms with van der Waals surface area (Å²) in [5.74, 6) is 0. The van der Waals surface area contributed by atoms with Crippen molar-refractivity contribution in [2.45, 2.75) is 39.5 Å². The van der Waals surface area contributed by atoms with Crippen molar-refractivity contribution in [2.75, 3.05) is 18.2 Å². The van der Waals surface area contributed by atoms with Gasteiger partial charge in [0.1, 0.15) is 0 Å². The first kappa shape index (κ1) is 20.7. The van der Waals surface area contributed by atoms with Crippen molar-refractivity contribution in [1.82, 2.24) is 0 Å². The van der Waals surface area contributed by atoms with E-state index in [1.165, 1.54) is 12.1 Å². The van der Waals surface area contributed by atoms with Crippen LogP contribution in [0, 0.1) is 0 Å². The molecule has 4 nitrogen and oxygen atoms in total. The molecule has 0 aliphatic rings. The number of hydrogen-bond donors (Lipinski definition) is 1. The fourth-order valence-corrected chi connectivity index (χ4v) is 4.39. The molecule has 0 aliphatic carbocycles. The molecule has 1 aromatic rings. The summed E-state index contributed by atoms with van der Waals surface area (Å²) in [5.41, 5.74) is -0.267. The molecule has 0 saturated heterocycles. The van der Waals surface area contributed by atoms with Crippen LogP contribution in [0.15, 0.2) is 36.9 Å². The SMILES string of the molecule is C=CCC(C)O[Si](Nc1ccc(C(F)(F)F)cc1)(OCC)OCC. The van der Waals surface area contributed by atoms with E-state index >= 15 is 0 Å². The Morgan fingerprint density at radius 3 is 2.12 bits per heavy atom. The van der Waals surface area contributed by atoms with Crippen molar-refractivity contribution in [1.29, 1.82) is 0 Å². The molecule has 1 aromatic carbocycles. The molecule has 0 fully saturated rings. The monoisotopic (exact) mass is 363 g/mol. The average Bonchev–Trinajstić information content (AvgIpc) is 2.47. The van der Waals surface area contributed by atoms with E-state index in [-0.39, 0.29) is 6.10 Å². The number of nitrogens with one attached hydrogen (secondary N) is 1. The Bertz CT molecular complexity index is 502. The topological polar surface area (TPSA) is 39.7 Å². The maximum absolute atomic E-state index is 12.7. The van der Waals surface area contributed by atoms with Crippen LogP contribution in [0.5, 0.6) is 0 Å². The van der Waals surface area contributed by atoms with Crippen molar-refractivity contribution in [3.8, 4) is 0 Å². The van der Waals surface area contributed by atoms with Crippen LogP contribution in [-0.2, 0) is 19.5 Å². The first-order valence-electron chi connectivity index (χ1n) is 7.78. The van der Waals surface area contributed by atoms with E-state index in [1.807, 2.05) is 6.92 Å². The van der Waals surface area contributed by atoms with Crippen molar-refractivity contribution in [3.05, 3.63) is 42.5 Å². The molecule has 0 saturated carbocycles. The molecule has 1 N–H and O–H groups in total. The standard InChI is InChI=1S/C16H24F3NO3Si/c1-5-8-13(4)23-24(21-6-2,22-7-3)20-15-11-9-14(10-12-15)16(17,18)19/h5,9-13,20H,1,6-8H2,2-4H3. The summed E-state index contributed by atoms with van der Waals surface area (Å²) < 4.78 is 55.4. The number of anilines is 1. The summed E-state index contributed by atoms with van der Waals surface area (Å²) in [5, 5.41) is 0. The van der Waals surface area contributed by atoms with Crippen LogP contribution in [0.1, 0.15) is 32.8 Å². The highest BCUT2D eigenvalue weighted by atomic mass is 28.4. The van der Waals surface area contributed by atoms with Crippen LogP contribution in [0.3, 0.4) is 0 Å². The van der Waals surface area contributed by atoms with Crippen LogP contribution >= 0.6 is 0 Å². The van der Waals surface area contributed by atoms with Gasteiger partial charge < -0.3 is 18.3 Å². The molecule has 8 heteroatoms. The molecule has 0 amide bonds. The third kappa shape index (κ3) is 6.27. The predicted octanol–water partition coefficient (Wildman–Crippen LogP) is 4.61. The number of hydrogen-bond acceptors (Lipinski definition) is 4. The summed E-state index contributed by atoms with van der Waals surface area (Å²) in [4.78, 5) is 3.03. The van der Waals surface area contributed by atoms with Crippen molar-refractivity contribution in [3.63, 3.8) is 0 Å². The molecule has 0 radical (unpaired) electrons. The highest BCUT2D eigenvalue weighted by molar-refractivity contribution is 6.64. The average molecular weight is 363 g/mol. The van der Waals surface area contributed by atoms with E-state index in [0.717, 1.165) is 12.1 Å². The molecule has 0 bridgehead atoms. The minimum Gasteiger partial charge on any atom is -0.357 e. The predicted molar refractivity (Wildman–Crippen MR) is 89.4 cm³/mol. The minimum absolute atomic E-state index is 0.200. The Kier molecular flexibility index (Phi) is 7.94. The lowest BCUT2D eigenvalue weighted by atomic mass is 10.2. The first-order chi connectivity index (χ1) is 11.3. The van der Waals surface area contributed by atoms with Crippen LogP contribution in [0.4, 0.5) is 18.9 Å². The maximum Gasteiger partial charge on any atom is 0.631 e. The second kappa shape index (κ2) is 9.21. The van der Waals surface area contributed by atoms with Crippen LogP contribution < -0.4 is 4.98 Å². The summed E-state index contributed by atoms with van der Waals surface area (Å²) in [6, 6.07) is 4.69. The molecule has 1 unspecified atom stereocenters. The Balaban J connectivity index is 2.99. The molecular formula is C16H24F3NO3Si. The van der Waals surface area contributed by atoms with Gasteiger partial charge >= 0.3 is 15.1 Å². The van der Waals surface area contributed by atoms with Gasteiger partial charge in [-0.15, -0.1) is 6.58 Å². The van der Waals surface area contributed by atoms with Crippen LogP contribution in [0.2, 0.25) is 0 Å². The quantitative estimate of drug-likeness (QED) is 0.487. The second-order valence-corrected chi connectivity index (χ2v) is 7.25. The van der Waals surface area contributed by atoms with Gasteiger partial charge in [-0.25, -0.2) is 0 Å². The zero-order chi connectivity index (χ0) is 18.2. The molecule has 0 spiro atoms. The molecule has 24 heavy (non-hydrogen) atoms. The van der Waals surface area contributed by atoms with Gasteiger partial charge in [0.15, 0.2) is 0 Å². The Hall–Kier alpha value is -1.35. The van der Waals surface area contributed by atoms with Crippen LogP contribution in [0.25, 0.3) is 0 Å². The van der Waals surface area contributed by atoms with Crippen molar-refractivity contribution < 1.29 is 26.4 Å². The van der Waals surface area contributed by atoms with E-state index in [1.54, 1.807) is 19.9 Å². The minimum atomic E-state index is -4.37. The molecule has 1 atom stereocenters. The summed E-state index contributed by atoms with van der Waals surface area (Å²) in [6.07, 6.45) is -2.25. The van der Waals surface area contributed by atoms with Crippen molar-refractivity contribution in [2.24, 2.45) is 0 Å². The highest BCUT2D eigenvalue weighted by Crippen LogP contribution is 2.30. The Morgan fingerprint density at radius 1 is 1.17 bits per heavy atom. The molecule has 0 aromatic heterocycles. The van der Waals surface area contributed by atoms with Gasteiger partial charge in [0.2, 0.25) is 0 Å². The van der Waals surface area contributed by atoms with Gasteiger partial charge in [-0.3, -0.25) is 0 Å². The Morgan fingerprint density at radius 2 is 1.71 bits per heavy atom. The lowest BCUT2D eigenvalue weighted by molar-refractivity contribution is -0.137. The first-order valence-corrected chi connectivity index (χ1v) is 9.50. The lowest BCUT2D eigenvalue weighted by Crippen LogP contribution is -2.55. The van der Waals surface area contributed by atoms with Crippen molar-refractivity contribution >= 4 is 14.7 Å². The summed E-state index contributed by atoms with van der Waals surface area (Å²) >= 11 is 0. The normalized spacial score (nSPS) is 13.6. The van der Waals surface area contributed by atoms with E-state index in [2.05, 4.69) is 11.6 Å². The van der Waals surface area contributed by atoms with Gasteiger partial charge in [0, 0.05) is 18.9 Å². The molecule has 0 heterocycles. The number of halogens is 3. The van der Waals surface area contributed by atoms with Gasteiger partial charge in [-0.2, -0.15) is 13.2 Å². The zero-order valence-corrected chi connectivity index (χ0v) is 15.2. The molecule has 1 rings (SSSR count). The van der Waals surface area contributed by atoms with E-state index < -0.39 is 20.7 Å². The third-order valence-electron chi connectivity index (χ3n) is 3.03. The zero-order valence-electron chi connectivity index (χ0n) is 14.2. The second-order valence-electron chi connectivity index (χ2n) is 5.08.